The van der Waals surface area contributed by atoms with Crippen LogP contribution in [0.5, 0.6) is 11.5 Å². The number of benzene rings is 3. The Morgan fingerprint density at radius 2 is 1.86 bits per heavy atom. The Labute approximate surface area is 247 Å². The third-order valence-electron chi connectivity index (χ3n) is 8.56. The summed E-state index contributed by atoms with van der Waals surface area (Å²) in [5.41, 5.74) is -1.07. The first-order valence-electron chi connectivity index (χ1n) is 13.0. The van der Waals surface area contributed by atoms with Crippen LogP contribution in [-0.2, 0) is 10.2 Å². The quantitative estimate of drug-likeness (QED) is 0.109. The van der Waals surface area contributed by atoms with Crippen molar-refractivity contribution in [3.8, 4) is 11.5 Å². The number of fused-ring (bicyclic) bond motifs is 4. The molecule has 0 N–H and O–H groups in total. The number of ketones is 1. The standard InChI is InChI=1S/C30H19Cl2FN2O7/c1-13-25(35(38)39)28(42-34-13)23-24(16-8-6-14(31)10-20(16)32)30(19-4-2-3-5-22(19)41-29(30)37)12-18-26(36)17-11-15(33)7-9-21(17)40-27(18)23/h2-11,18,23-24,27H,12H2,1H3/t18-,23-,24-,27-,30-/m1/s1. The van der Waals surface area contributed by atoms with E-state index < -0.39 is 57.5 Å². The topological polar surface area (TPSA) is 122 Å². The number of ether oxygens (including phenoxy) is 2. The fourth-order valence-corrected chi connectivity index (χ4v) is 7.45. The third-order valence-corrected chi connectivity index (χ3v) is 9.13. The van der Waals surface area contributed by atoms with E-state index in [1.54, 1.807) is 36.4 Å². The molecule has 5 atom stereocenters. The average molecular weight is 609 g/mol. The van der Waals surface area contributed by atoms with Gasteiger partial charge in [-0.05, 0) is 55.3 Å². The van der Waals surface area contributed by atoms with Gasteiger partial charge in [-0.1, -0.05) is 52.6 Å². The van der Waals surface area contributed by atoms with Gasteiger partial charge in [0.05, 0.1) is 22.3 Å². The molecule has 12 heteroatoms. The van der Waals surface area contributed by atoms with E-state index in [2.05, 4.69) is 5.16 Å². The highest BCUT2D eigenvalue weighted by molar-refractivity contribution is 6.35. The normalized spacial score (nSPS) is 25.8. The van der Waals surface area contributed by atoms with E-state index in [0.29, 0.717) is 16.1 Å². The Balaban J connectivity index is 1.58. The molecule has 0 amide bonds. The van der Waals surface area contributed by atoms with E-state index in [1.807, 2.05) is 0 Å². The molecule has 0 bridgehead atoms. The predicted octanol–water partition coefficient (Wildman–Crippen LogP) is 6.73. The lowest BCUT2D eigenvalue weighted by Gasteiger charge is -2.51. The first kappa shape index (κ1) is 26.6. The van der Waals surface area contributed by atoms with Crippen LogP contribution >= 0.6 is 23.2 Å². The minimum atomic E-state index is -1.57. The maximum Gasteiger partial charge on any atom is 0.334 e. The van der Waals surface area contributed by atoms with Gasteiger partial charge in [0.2, 0.25) is 5.76 Å². The lowest BCUT2D eigenvalue weighted by atomic mass is 9.52. The largest absolute Gasteiger partial charge is 0.488 e. The molecule has 4 aromatic rings. The van der Waals surface area contributed by atoms with Crippen molar-refractivity contribution in [2.75, 3.05) is 0 Å². The molecule has 3 heterocycles. The van der Waals surface area contributed by atoms with Crippen LogP contribution in [0.25, 0.3) is 0 Å². The second-order valence-electron chi connectivity index (χ2n) is 10.7. The van der Waals surface area contributed by atoms with Crippen molar-refractivity contribution in [2.24, 2.45) is 5.92 Å². The molecule has 9 nitrogen and oxygen atoms in total. The molecule has 212 valence electrons. The fourth-order valence-electron chi connectivity index (χ4n) is 6.93. The second kappa shape index (κ2) is 9.37. The smallest absolute Gasteiger partial charge is 0.334 e. The number of nitro groups is 1. The van der Waals surface area contributed by atoms with Gasteiger partial charge in [0.15, 0.2) is 11.5 Å². The van der Waals surface area contributed by atoms with Crippen molar-refractivity contribution in [3.63, 3.8) is 0 Å². The summed E-state index contributed by atoms with van der Waals surface area (Å²) in [6, 6.07) is 15.1. The molecular weight excluding hydrogens is 590 g/mol. The van der Waals surface area contributed by atoms with Crippen LogP contribution in [0.4, 0.5) is 10.1 Å². The fraction of sp³-hybridized carbons (Fsp3) is 0.233. The van der Waals surface area contributed by atoms with Crippen LogP contribution < -0.4 is 9.47 Å². The van der Waals surface area contributed by atoms with Crippen molar-refractivity contribution in [1.29, 1.82) is 0 Å². The zero-order chi connectivity index (χ0) is 29.5. The molecular formula is C30H19Cl2FN2O7. The molecule has 1 aromatic heterocycles. The molecule has 3 aliphatic rings. The SMILES string of the molecule is Cc1noc([C@H]2[C@@H]3Oc4ccc(F)cc4C(=O)[C@H]3C[C@]3(C(=O)Oc4ccccc43)[C@@H]2c2ccc(Cl)cc2Cl)c1[N+](=O)[O-]. The monoisotopic (exact) mass is 608 g/mol. The molecule has 1 aliphatic carbocycles. The Hall–Kier alpha value is -4.28. The summed E-state index contributed by atoms with van der Waals surface area (Å²) >= 11 is 13.0. The molecule has 1 saturated carbocycles. The summed E-state index contributed by atoms with van der Waals surface area (Å²) in [6.07, 6.45) is -1.19. The number of rotatable bonds is 3. The number of esters is 1. The van der Waals surface area contributed by atoms with Gasteiger partial charge < -0.3 is 14.0 Å². The number of Topliss-reactive ketones (excluding diaryl/α,β-unsaturated/α-hetero) is 1. The predicted molar refractivity (Wildman–Crippen MR) is 147 cm³/mol. The van der Waals surface area contributed by atoms with Gasteiger partial charge in [0.25, 0.3) is 0 Å². The zero-order valence-corrected chi connectivity index (χ0v) is 23.2. The number of carbonyl (C=O) groups excluding carboxylic acids is 2. The Morgan fingerprint density at radius 1 is 1.07 bits per heavy atom. The summed E-state index contributed by atoms with van der Waals surface area (Å²) in [6.45, 7) is 1.43. The van der Waals surface area contributed by atoms with Crippen LogP contribution in [0.1, 0.15) is 51.2 Å². The van der Waals surface area contributed by atoms with E-state index in [1.165, 1.54) is 19.1 Å². The number of hydrogen-bond donors (Lipinski definition) is 0. The number of aryl methyl sites for hydroxylation is 1. The van der Waals surface area contributed by atoms with Crippen molar-refractivity contribution in [1.82, 2.24) is 5.16 Å². The number of nitrogens with zero attached hydrogens (tertiary/aromatic N) is 2. The number of hydrogen-bond acceptors (Lipinski definition) is 8. The van der Waals surface area contributed by atoms with E-state index in [4.69, 9.17) is 37.2 Å². The first-order valence-corrected chi connectivity index (χ1v) is 13.7. The maximum absolute atomic E-state index is 14.3. The number of carbonyl (C=O) groups is 2. The lowest BCUT2D eigenvalue weighted by Crippen LogP contribution is -2.57. The summed E-state index contributed by atoms with van der Waals surface area (Å²) in [5.74, 6) is -4.75. The van der Waals surface area contributed by atoms with Crippen molar-refractivity contribution >= 4 is 40.6 Å². The Morgan fingerprint density at radius 3 is 2.62 bits per heavy atom. The molecule has 1 spiro atoms. The van der Waals surface area contributed by atoms with Crippen LogP contribution in [0.2, 0.25) is 10.0 Å². The van der Waals surface area contributed by atoms with E-state index in [-0.39, 0.29) is 40.0 Å². The molecule has 42 heavy (non-hydrogen) atoms. The average Bonchev–Trinajstić information content (AvgIpc) is 3.46. The van der Waals surface area contributed by atoms with Crippen LogP contribution in [0, 0.1) is 28.8 Å². The van der Waals surface area contributed by atoms with E-state index in [0.717, 1.165) is 12.1 Å². The maximum atomic E-state index is 14.3. The van der Waals surface area contributed by atoms with Crippen LogP contribution in [0.15, 0.2) is 65.2 Å². The number of para-hydroxylation sites is 1. The van der Waals surface area contributed by atoms with Gasteiger partial charge in [-0.2, -0.15) is 0 Å². The third kappa shape index (κ3) is 3.64. The highest BCUT2D eigenvalue weighted by atomic mass is 35.5. The Bertz CT molecular complexity index is 1840. The Kier molecular flexibility index (Phi) is 5.93. The second-order valence-corrected chi connectivity index (χ2v) is 11.5. The molecule has 1 fully saturated rings. The van der Waals surface area contributed by atoms with Crippen molar-refractivity contribution < 1.29 is 32.9 Å². The van der Waals surface area contributed by atoms with Gasteiger partial charge in [-0.3, -0.25) is 19.7 Å². The molecule has 0 unspecified atom stereocenters. The number of aromatic nitrogens is 1. The minimum absolute atomic E-state index is 0.00568. The summed E-state index contributed by atoms with van der Waals surface area (Å²) < 4.78 is 32.1. The van der Waals surface area contributed by atoms with E-state index >= 15 is 0 Å². The summed E-state index contributed by atoms with van der Waals surface area (Å²) in [4.78, 5) is 40.0. The van der Waals surface area contributed by atoms with Gasteiger partial charge >= 0.3 is 11.7 Å². The molecule has 2 aliphatic heterocycles. The molecule has 0 saturated heterocycles. The molecule has 7 rings (SSSR count). The van der Waals surface area contributed by atoms with Gasteiger partial charge in [-0.15, -0.1) is 0 Å². The van der Waals surface area contributed by atoms with E-state index in [9.17, 15) is 24.1 Å². The zero-order valence-electron chi connectivity index (χ0n) is 21.7. The van der Waals surface area contributed by atoms with Crippen molar-refractivity contribution in [2.45, 2.75) is 36.7 Å². The summed E-state index contributed by atoms with van der Waals surface area (Å²) in [5, 5.41) is 16.8. The lowest BCUT2D eigenvalue weighted by molar-refractivity contribution is -0.387. The van der Waals surface area contributed by atoms with Gasteiger partial charge in [-0.25, -0.2) is 4.39 Å². The van der Waals surface area contributed by atoms with Gasteiger partial charge in [0, 0.05) is 21.5 Å². The highest BCUT2D eigenvalue weighted by Gasteiger charge is 2.67. The van der Waals surface area contributed by atoms with Crippen molar-refractivity contribution in [3.05, 3.63) is 115 Å². The summed E-state index contributed by atoms with van der Waals surface area (Å²) in [7, 11) is 0. The minimum Gasteiger partial charge on any atom is -0.488 e. The highest BCUT2D eigenvalue weighted by Crippen LogP contribution is 2.64. The van der Waals surface area contributed by atoms with Crippen LogP contribution in [-0.4, -0.2) is 27.9 Å². The number of halogens is 3. The van der Waals surface area contributed by atoms with Crippen LogP contribution in [0.3, 0.4) is 0 Å². The van der Waals surface area contributed by atoms with Gasteiger partial charge in [0.1, 0.15) is 28.8 Å². The molecule has 0 radical (unpaired) electrons. The molecule has 3 aromatic carbocycles. The first-order chi connectivity index (χ1) is 20.1.